The number of carbonyl (C=O) groups excluding carboxylic acids is 1. The first-order chi connectivity index (χ1) is 4.27. The number of amides is 1. The van der Waals surface area contributed by atoms with Crippen LogP contribution in [0.1, 0.15) is 13.3 Å². The lowest BCUT2D eigenvalue weighted by atomic mass is 10.4. The standard InChI is InChI=1S/C7H11NO/c1-2-3-4-5-6-7(8)9/h3-6H,2H2,1H3,(H2,8,9)/b4-3+,6-5+. The van der Waals surface area contributed by atoms with Gasteiger partial charge in [0.1, 0.15) is 0 Å². The van der Waals surface area contributed by atoms with E-state index >= 15 is 0 Å². The van der Waals surface area contributed by atoms with Crippen LogP contribution in [-0.2, 0) is 4.79 Å². The monoisotopic (exact) mass is 125 g/mol. The summed E-state index contributed by atoms with van der Waals surface area (Å²) in [5, 5.41) is 0. The summed E-state index contributed by atoms with van der Waals surface area (Å²) >= 11 is 0. The predicted octanol–water partition coefficient (Wildman–Crippen LogP) is 0.994. The first-order valence-corrected chi connectivity index (χ1v) is 2.90. The summed E-state index contributed by atoms with van der Waals surface area (Å²) in [4.78, 5) is 10.1. The Bertz CT molecular complexity index is 136. The van der Waals surface area contributed by atoms with Crippen LogP contribution in [0, 0.1) is 0 Å². The van der Waals surface area contributed by atoms with Gasteiger partial charge in [-0.15, -0.1) is 0 Å². The van der Waals surface area contributed by atoms with Gasteiger partial charge >= 0.3 is 0 Å². The molecule has 0 heterocycles. The van der Waals surface area contributed by atoms with Crippen LogP contribution >= 0.6 is 0 Å². The molecule has 0 spiro atoms. The maximum absolute atomic E-state index is 10.1. The zero-order valence-corrected chi connectivity index (χ0v) is 5.50. The summed E-state index contributed by atoms with van der Waals surface area (Å²) in [6, 6.07) is 0. The van der Waals surface area contributed by atoms with Crippen molar-refractivity contribution >= 4 is 5.91 Å². The molecule has 0 rings (SSSR count). The molecule has 50 valence electrons. The van der Waals surface area contributed by atoms with Crippen molar-refractivity contribution in [3.05, 3.63) is 24.3 Å². The predicted molar refractivity (Wildman–Crippen MR) is 37.8 cm³/mol. The molecule has 2 N–H and O–H groups in total. The minimum absolute atomic E-state index is 0.407. The average Bonchev–Trinajstić information content (AvgIpc) is 1.80. The number of carbonyl (C=O) groups is 1. The van der Waals surface area contributed by atoms with Gasteiger partial charge in [0.15, 0.2) is 0 Å². The maximum Gasteiger partial charge on any atom is 0.241 e. The van der Waals surface area contributed by atoms with Gasteiger partial charge in [-0.05, 0) is 6.42 Å². The molecule has 0 radical (unpaired) electrons. The van der Waals surface area contributed by atoms with E-state index in [-0.39, 0.29) is 0 Å². The molecule has 0 aromatic heterocycles. The lowest BCUT2D eigenvalue weighted by Crippen LogP contribution is -2.04. The van der Waals surface area contributed by atoms with Crippen LogP contribution in [-0.4, -0.2) is 5.91 Å². The summed E-state index contributed by atoms with van der Waals surface area (Å²) < 4.78 is 0. The number of hydrogen-bond acceptors (Lipinski definition) is 1. The van der Waals surface area contributed by atoms with Crippen LogP contribution in [0.25, 0.3) is 0 Å². The van der Waals surface area contributed by atoms with Crippen molar-refractivity contribution < 1.29 is 4.79 Å². The lowest BCUT2D eigenvalue weighted by molar-refractivity contribution is -0.113. The highest BCUT2D eigenvalue weighted by atomic mass is 16.1. The molecule has 0 aromatic rings. The third-order valence-corrected chi connectivity index (χ3v) is 0.743. The Hall–Kier alpha value is -1.05. The van der Waals surface area contributed by atoms with E-state index in [4.69, 9.17) is 5.73 Å². The zero-order chi connectivity index (χ0) is 7.11. The van der Waals surface area contributed by atoms with Crippen molar-refractivity contribution in [1.82, 2.24) is 0 Å². The smallest absolute Gasteiger partial charge is 0.241 e. The van der Waals surface area contributed by atoms with E-state index in [1.54, 1.807) is 12.2 Å². The Morgan fingerprint density at radius 3 is 2.67 bits per heavy atom. The van der Waals surface area contributed by atoms with E-state index in [9.17, 15) is 4.79 Å². The number of primary amides is 1. The van der Waals surface area contributed by atoms with Crippen LogP contribution < -0.4 is 5.73 Å². The minimum atomic E-state index is -0.407. The summed E-state index contributed by atoms with van der Waals surface area (Å²) in [7, 11) is 0. The Labute approximate surface area is 55.1 Å². The SMILES string of the molecule is CC/C=C/C=C/C(N)=O. The van der Waals surface area contributed by atoms with Crippen LogP contribution in [0.15, 0.2) is 24.3 Å². The molecule has 0 aliphatic heterocycles. The zero-order valence-electron chi connectivity index (χ0n) is 5.50. The molecule has 0 saturated heterocycles. The van der Waals surface area contributed by atoms with Crippen molar-refractivity contribution in [3.8, 4) is 0 Å². The van der Waals surface area contributed by atoms with E-state index in [2.05, 4.69) is 0 Å². The first kappa shape index (κ1) is 7.95. The van der Waals surface area contributed by atoms with Crippen LogP contribution in [0.4, 0.5) is 0 Å². The highest BCUT2D eigenvalue weighted by Gasteiger charge is 1.75. The van der Waals surface area contributed by atoms with Crippen molar-refractivity contribution in [2.24, 2.45) is 5.73 Å². The van der Waals surface area contributed by atoms with Crippen LogP contribution in [0.3, 0.4) is 0 Å². The van der Waals surface area contributed by atoms with Gasteiger partial charge in [-0.2, -0.15) is 0 Å². The molecular weight excluding hydrogens is 114 g/mol. The van der Waals surface area contributed by atoms with Crippen LogP contribution in [0.2, 0.25) is 0 Å². The number of hydrogen-bond donors (Lipinski definition) is 1. The molecule has 2 nitrogen and oxygen atoms in total. The van der Waals surface area contributed by atoms with E-state index in [0.29, 0.717) is 0 Å². The van der Waals surface area contributed by atoms with E-state index < -0.39 is 5.91 Å². The summed E-state index contributed by atoms with van der Waals surface area (Å²) in [5.74, 6) is -0.407. The van der Waals surface area contributed by atoms with Crippen molar-refractivity contribution in [2.75, 3.05) is 0 Å². The summed E-state index contributed by atoms with van der Waals surface area (Å²) in [6.45, 7) is 2.02. The molecule has 0 aromatic carbocycles. The van der Waals surface area contributed by atoms with E-state index in [1.165, 1.54) is 6.08 Å². The highest BCUT2D eigenvalue weighted by molar-refractivity contribution is 5.85. The van der Waals surface area contributed by atoms with E-state index in [0.717, 1.165) is 6.42 Å². The van der Waals surface area contributed by atoms with Gasteiger partial charge in [0.05, 0.1) is 0 Å². The topological polar surface area (TPSA) is 43.1 Å². The van der Waals surface area contributed by atoms with Crippen LogP contribution in [0.5, 0.6) is 0 Å². The highest BCUT2D eigenvalue weighted by Crippen LogP contribution is 1.80. The van der Waals surface area contributed by atoms with Crippen molar-refractivity contribution in [1.29, 1.82) is 0 Å². The molecule has 0 saturated carbocycles. The quantitative estimate of drug-likeness (QED) is 0.443. The molecule has 2 heteroatoms. The fourth-order valence-electron chi connectivity index (χ4n) is 0.365. The van der Waals surface area contributed by atoms with Gasteiger partial charge in [0.2, 0.25) is 5.91 Å². The summed E-state index contributed by atoms with van der Waals surface area (Å²) in [6.07, 6.45) is 7.67. The van der Waals surface area contributed by atoms with Gasteiger partial charge in [-0.25, -0.2) is 0 Å². The third-order valence-electron chi connectivity index (χ3n) is 0.743. The number of rotatable bonds is 3. The molecule has 9 heavy (non-hydrogen) atoms. The fraction of sp³-hybridized carbons (Fsp3) is 0.286. The molecular formula is C7H11NO. The normalized spacial score (nSPS) is 11.2. The maximum atomic E-state index is 10.1. The Morgan fingerprint density at radius 1 is 1.56 bits per heavy atom. The lowest BCUT2D eigenvalue weighted by Gasteiger charge is -1.75. The summed E-state index contributed by atoms with van der Waals surface area (Å²) in [5.41, 5.74) is 4.82. The van der Waals surface area contributed by atoms with Crippen molar-refractivity contribution in [2.45, 2.75) is 13.3 Å². The molecule has 0 aliphatic carbocycles. The van der Waals surface area contributed by atoms with Gasteiger partial charge in [0.25, 0.3) is 0 Å². The second-order valence-electron chi connectivity index (χ2n) is 1.60. The van der Waals surface area contributed by atoms with Gasteiger partial charge in [-0.1, -0.05) is 25.2 Å². The fourth-order valence-corrected chi connectivity index (χ4v) is 0.365. The molecule has 1 amide bonds. The Morgan fingerprint density at radius 2 is 2.22 bits per heavy atom. The van der Waals surface area contributed by atoms with Crippen molar-refractivity contribution in [3.63, 3.8) is 0 Å². The van der Waals surface area contributed by atoms with Gasteiger partial charge < -0.3 is 5.73 Å². The van der Waals surface area contributed by atoms with Gasteiger partial charge in [0, 0.05) is 6.08 Å². The molecule has 0 atom stereocenters. The average molecular weight is 125 g/mol. The van der Waals surface area contributed by atoms with Gasteiger partial charge in [-0.3, -0.25) is 4.79 Å². The number of nitrogens with two attached hydrogens (primary N) is 1. The second-order valence-corrected chi connectivity index (χ2v) is 1.60. The minimum Gasteiger partial charge on any atom is -0.366 e. The largest absolute Gasteiger partial charge is 0.366 e. The Balaban J connectivity index is 3.47. The molecule has 0 bridgehead atoms. The molecule has 0 unspecified atom stereocenters. The Kier molecular flexibility index (Phi) is 4.50. The van der Waals surface area contributed by atoms with E-state index in [1.807, 2.05) is 13.0 Å². The third kappa shape index (κ3) is 6.95. The molecule has 0 aliphatic rings. The first-order valence-electron chi connectivity index (χ1n) is 2.90. The second kappa shape index (κ2) is 5.09. The number of allylic oxidation sites excluding steroid dienone is 3. The molecule has 0 fully saturated rings.